The molecule has 4 rings (SSSR count). The Hall–Kier alpha value is -3.70. The van der Waals surface area contributed by atoms with E-state index in [1.165, 1.54) is 14.2 Å². The second kappa shape index (κ2) is 20.5. The summed E-state index contributed by atoms with van der Waals surface area (Å²) in [6.07, 6.45) is 3.06. The third-order valence-electron chi connectivity index (χ3n) is 9.41. The topological polar surface area (TPSA) is 151 Å². The van der Waals surface area contributed by atoms with Gasteiger partial charge in [0.15, 0.2) is 0 Å². The fourth-order valence-corrected chi connectivity index (χ4v) is 14.9. The number of amides is 4. The van der Waals surface area contributed by atoms with Gasteiger partial charge in [0.1, 0.15) is 0 Å². The molecule has 0 aromatic heterocycles. The molecular formula is C38H50N4O8Se2. The average molecular weight is 849 g/mol. The van der Waals surface area contributed by atoms with Crippen molar-refractivity contribution in [3.05, 3.63) is 71.8 Å². The van der Waals surface area contributed by atoms with E-state index >= 15 is 0 Å². The number of methoxy groups -OCH3 is 2. The molecule has 2 N–H and O–H groups in total. The third kappa shape index (κ3) is 11.4. The van der Waals surface area contributed by atoms with Crippen molar-refractivity contribution >= 4 is 61.8 Å². The van der Waals surface area contributed by atoms with Crippen LogP contribution < -0.4 is 10.6 Å². The van der Waals surface area contributed by atoms with Crippen LogP contribution in [0.3, 0.4) is 0 Å². The summed E-state index contributed by atoms with van der Waals surface area (Å²) in [6, 6.07) is 15.8. The predicted molar refractivity (Wildman–Crippen MR) is 197 cm³/mol. The summed E-state index contributed by atoms with van der Waals surface area (Å²) in [6.45, 7) is 4.76. The van der Waals surface area contributed by atoms with Crippen molar-refractivity contribution in [3.63, 3.8) is 0 Å². The van der Waals surface area contributed by atoms with Gasteiger partial charge in [-0.3, -0.25) is 0 Å². The summed E-state index contributed by atoms with van der Waals surface area (Å²) < 4.78 is 9.90. The van der Waals surface area contributed by atoms with E-state index in [2.05, 4.69) is 10.6 Å². The molecule has 14 heteroatoms. The number of likely N-dealkylation sites (tertiary alicyclic amines) is 2. The number of carbonyl (C=O) groups excluding carboxylic acids is 6. The van der Waals surface area contributed by atoms with E-state index in [0.29, 0.717) is 49.4 Å². The predicted octanol–water partition coefficient (Wildman–Crippen LogP) is 2.20. The van der Waals surface area contributed by atoms with Gasteiger partial charge in [0.05, 0.1) is 0 Å². The zero-order valence-electron chi connectivity index (χ0n) is 30.3. The van der Waals surface area contributed by atoms with E-state index in [1.54, 1.807) is 9.80 Å². The van der Waals surface area contributed by atoms with E-state index in [4.69, 9.17) is 9.47 Å². The molecule has 2 aromatic rings. The molecule has 2 aromatic carbocycles. The van der Waals surface area contributed by atoms with E-state index in [-0.39, 0.29) is 74.6 Å². The minimum absolute atomic E-state index is 0.0689. The summed E-state index contributed by atoms with van der Waals surface area (Å²) in [5.74, 6) is -2.45. The Morgan fingerprint density at radius 3 is 1.37 bits per heavy atom. The molecule has 2 aliphatic heterocycles. The van der Waals surface area contributed by atoms with E-state index in [9.17, 15) is 28.8 Å². The number of ether oxygens (including phenoxy) is 2. The Labute approximate surface area is 317 Å². The molecular weight excluding hydrogens is 798 g/mol. The van der Waals surface area contributed by atoms with Crippen molar-refractivity contribution < 1.29 is 38.2 Å². The van der Waals surface area contributed by atoms with Crippen LogP contribution in [0.4, 0.5) is 0 Å². The number of nitrogens with one attached hydrogen (secondary N) is 2. The van der Waals surface area contributed by atoms with E-state index in [1.807, 2.05) is 74.5 Å². The van der Waals surface area contributed by atoms with Crippen molar-refractivity contribution in [2.45, 2.75) is 87.2 Å². The van der Waals surface area contributed by atoms with Crippen molar-refractivity contribution in [3.8, 4) is 0 Å². The van der Waals surface area contributed by atoms with Crippen LogP contribution in [-0.2, 0) is 51.1 Å². The summed E-state index contributed by atoms with van der Waals surface area (Å²) in [7, 11) is 2.58. The van der Waals surface area contributed by atoms with Gasteiger partial charge in [0, 0.05) is 0 Å². The van der Waals surface area contributed by atoms with Crippen LogP contribution in [0.5, 0.6) is 0 Å². The molecule has 4 amide bonds. The second-order valence-corrected chi connectivity index (χ2v) is 20.8. The van der Waals surface area contributed by atoms with Crippen molar-refractivity contribution in [2.75, 3.05) is 27.3 Å². The monoisotopic (exact) mass is 850 g/mol. The number of rotatable bonds is 17. The van der Waals surface area contributed by atoms with Crippen LogP contribution >= 0.6 is 0 Å². The molecule has 0 unspecified atom stereocenters. The van der Waals surface area contributed by atoms with Crippen LogP contribution in [0.1, 0.15) is 50.7 Å². The first-order valence-electron chi connectivity index (χ1n) is 17.7. The SMILES string of the molecule is COC(=O)[C@H](Cc1ccccc1)NC(=O)[C@@H]1CCCN1C(=O)[C@H](C)C[Se][Se]C[C@@H](C)C(=O)N1CCC[C@H]1C(=O)N[C@@H](Cc1ccccc1)C(=O)OC. The molecule has 2 heterocycles. The Morgan fingerprint density at radius 1 is 0.654 bits per heavy atom. The molecule has 2 aliphatic rings. The zero-order valence-corrected chi connectivity index (χ0v) is 33.7. The molecule has 282 valence electrons. The molecule has 2 fully saturated rings. The Morgan fingerprint density at radius 2 is 1.02 bits per heavy atom. The van der Waals surface area contributed by atoms with E-state index < -0.39 is 36.1 Å². The Balaban J connectivity index is 1.23. The summed E-state index contributed by atoms with van der Waals surface area (Å²) >= 11 is 0.291. The van der Waals surface area contributed by atoms with Crippen molar-refractivity contribution in [1.29, 1.82) is 0 Å². The second-order valence-electron chi connectivity index (χ2n) is 13.3. The van der Waals surface area contributed by atoms with Crippen LogP contribution in [0.15, 0.2) is 60.7 Å². The fourth-order valence-electron chi connectivity index (χ4n) is 6.52. The van der Waals surface area contributed by atoms with E-state index in [0.717, 1.165) is 11.1 Å². The van der Waals surface area contributed by atoms with Crippen LogP contribution in [0.2, 0.25) is 10.6 Å². The minimum atomic E-state index is -0.854. The number of benzene rings is 2. The Kier molecular flexibility index (Phi) is 16.2. The maximum atomic E-state index is 13.5. The number of hydrogen-bond acceptors (Lipinski definition) is 8. The van der Waals surface area contributed by atoms with Crippen molar-refractivity contribution in [1.82, 2.24) is 20.4 Å². The van der Waals surface area contributed by atoms with Gasteiger partial charge < -0.3 is 0 Å². The summed E-state index contributed by atoms with van der Waals surface area (Å²) in [5.41, 5.74) is 1.78. The van der Waals surface area contributed by atoms with Crippen LogP contribution in [-0.4, -0.2) is 123 Å². The number of esters is 2. The molecule has 0 spiro atoms. The standard InChI is InChI=1S/C38H50N4O8Se2/c1-25(35(45)41-19-11-17-31(41)33(43)39-29(37(47)49-3)21-27-13-7-5-8-14-27)23-51-52-24-26(2)36(46)42-20-12-18-32(42)34(44)40-30(38(48)50-4)22-28-15-9-6-10-16-28/h5-10,13-16,25-26,29-32H,11-12,17-24H2,1-4H3,(H,39,43)(H,40,44)/t25-,26-,29+,30+,31+,32+/m1/s1. The van der Waals surface area contributed by atoms with Gasteiger partial charge in [0.25, 0.3) is 0 Å². The fraction of sp³-hybridized carbons (Fsp3) is 0.526. The van der Waals surface area contributed by atoms with Gasteiger partial charge >= 0.3 is 306 Å². The van der Waals surface area contributed by atoms with Gasteiger partial charge in [-0.15, -0.1) is 0 Å². The zero-order chi connectivity index (χ0) is 37.6. The quantitative estimate of drug-likeness (QED) is 0.140. The van der Waals surface area contributed by atoms with Gasteiger partial charge in [-0.1, -0.05) is 12.1 Å². The van der Waals surface area contributed by atoms with Gasteiger partial charge in [-0.25, -0.2) is 0 Å². The molecule has 0 aliphatic carbocycles. The molecule has 0 bridgehead atoms. The third-order valence-corrected chi connectivity index (χ3v) is 17.2. The molecule has 52 heavy (non-hydrogen) atoms. The van der Waals surface area contributed by atoms with Gasteiger partial charge in [-0.05, 0) is 0 Å². The number of hydrogen-bond donors (Lipinski definition) is 2. The normalized spacial score (nSPS) is 19.2. The first-order valence-corrected chi connectivity index (χ1v) is 24.5. The molecule has 0 saturated carbocycles. The first kappa shape index (κ1) is 41.1. The molecule has 12 nitrogen and oxygen atoms in total. The summed E-state index contributed by atoms with van der Waals surface area (Å²) in [4.78, 5) is 82.1. The molecule has 2 saturated heterocycles. The van der Waals surface area contributed by atoms with Gasteiger partial charge in [0.2, 0.25) is 0 Å². The summed E-state index contributed by atoms with van der Waals surface area (Å²) in [5, 5.41) is 7.06. The van der Waals surface area contributed by atoms with Crippen LogP contribution in [0.25, 0.3) is 0 Å². The maximum absolute atomic E-state index is 13.5. The first-order chi connectivity index (χ1) is 25.0. The number of carbonyl (C=O) groups is 6. The Bertz CT molecular complexity index is 1420. The molecule has 6 atom stereocenters. The average Bonchev–Trinajstić information content (AvgIpc) is 3.86. The van der Waals surface area contributed by atoms with Crippen molar-refractivity contribution in [2.24, 2.45) is 11.8 Å². The molecule has 0 radical (unpaired) electrons. The van der Waals surface area contributed by atoms with Gasteiger partial charge in [-0.2, -0.15) is 0 Å². The van der Waals surface area contributed by atoms with Crippen LogP contribution in [0, 0.1) is 11.8 Å². The number of nitrogens with zero attached hydrogens (tertiary/aromatic N) is 2.